The van der Waals surface area contributed by atoms with Crippen LogP contribution in [-0.4, -0.2) is 27.1 Å². The van der Waals surface area contributed by atoms with Crippen LogP contribution in [0.5, 0.6) is 17.2 Å². The topological polar surface area (TPSA) is 103 Å². The zero-order valence-corrected chi connectivity index (χ0v) is 26.3. The molecule has 4 rings (SSSR count). The predicted octanol–water partition coefficient (Wildman–Crippen LogP) is 7.37. The fraction of sp³-hybridized carbons (Fsp3) is 0.103. The molecule has 0 aliphatic carbocycles. The van der Waals surface area contributed by atoms with Gasteiger partial charge in [0.2, 0.25) is 0 Å². The molecular weight excluding hydrogens is 700 g/mol. The number of benzene rings is 4. The highest BCUT2D eigenvalue weighted by Gasteiger charge is 2.21. The largest absolute Gasteiger partial charge is 0.490 e. The van der Waals surface area contributed by atoms with Crippen molar-refractivity contribution >= 4 is 65.7 Å². The molecule has 41 heavy (non-hydrogen) atoms. The van der Waals surface area contributed by atoms with Gasteiger partial charge >= 0.3 is 10.1 Å². The third kappa shape index (κ3) is 8.32. The van der Waals surface area contributed by atoms with Gasteiger partial charge in [-0.2, -0.15) is 13.5 Å². The summed E-state index contributed by atoms with van der Waals surface area (Å²) in [4.78, 5) is 12.8. The summed E-state index contributed by atoms with van der Waals surface area (Å²) in [6, 6.07) is 23.3. The Morgan fingerprint density at radius 2 is 1.68 bits per heavy atom. The highest BCUT2D eigenvalue weighted by atomic mass is 79.9. The normalized spacial score (nSPS) is 11.3. The molecule has 0 aliphatic rings. The van der Waals surface area contributed by atoms with E-state index in [4.69, 9.17) is 25.3 Å². The SMILES string of the molecule is CCOc1cc(C(=O)N/N=C/c2cc(Br)cc(Br)c2OS(=O)(=O)c2ccc(Cl)cc2)ccc1OCc1ccccc1. The van der Waals surface area contributed by atoms with E-state index < -0.39 is 16.0 Å². The molecule has 8 nitrogen and oxygen atoms in total. The van der Waals surface area contributed by atoms with Crippen LogP contribution in [0.25, 0.3) is 0 Å². The molecule has 0 saturated carbocycles. The van der Waals surface area contributed by atoms with Gasteiger partial charge in [-0.3, -0.25) is 4.79 Å². The molecule has 0 heterocycles. The number of ether oxygens (including phenoxy) is 2. The Labute approximate surface area is 259 Å². The Morgan fingerprint density at radius 1 is 0.951 bits per heavy atom. The van der Waals surface area contributed by atoms with Gasteiger partial charge < -0.3 is 13.7 Å². The lowest BCUT2D eigenvalue weighted by Crippen LogP contribution is -2.18. The standard InChI is InChI=1S/C29H23Br2ClN2O6S/c1-2-38-27-15-20(8-13-26(27)39-18-19-6-4-3-5-7-19)29(35)34-33-17-21-14-22(30)16-25(31)28(21)40-41(36,37)24-11-9-23(32)10-12-24/h3-17H,2,18H2,1H3,(H,34,35)/b33-17+. The fourth-order valence-corrected chi connectivity index (χ4v) is 6.06. The average Bonchev–Trinajstić information content (AvgIpc) is 2.95. The Bertz CT molecular complexity index is 1670. The number of nitrogens with zero attached hydrogens (tertiary/aromatic N) is 1. The lowest BCUT2D eigenvalue weighted by Gasteiger charge is -2.13. The van der Waals surface area contributed by atoms with Gasteiger partial charge in [0.15, 0.2) is 17.2 Å². The molecule has 0 bridgehead atoms. The zero-order chi connectivity index (χ0) is 29.4. The third-order valence-corrected chi connectivity index (χ3v) is 7.98. The van der Waals surface area contributed by atoms with Gasteiger partial charge in [-0.05, 0) is 83.0 Å². The van der Waals surface area contributed by atoms with Gasteiger partial charge in [-0.25, -0.2) is 5.43 Å². The minimum atomic E-state index is -4.19. The van der Waals surface area contributed by atoms with Crippen LogP contribution >= 0.6 is 43.5 Å². The molecule has 4 aromatic rings. The van der Waals surface area contributed by atoms with Crippen molar-refractivity contribution in [2.24, 2.45) is 5.10 Å². The van der Waals surface area contributed by atoms with Gasteiger partial charge in [-0.15, -0.1) is 0 Å². The molecule has 1 amide bonds. The summed E-state index contributed by atoms with van der Waals surface area (Å²) in [7, 11) is -4.19. The molecule has 212 valence electrons. The van der Waals surface area contributed by atoms with Crippen molar-refractivity contribution in [2.45, 2.75) is 18.4 Å². The average molecular weight is 723 g/mol. The molecule has 0 atom stereocenters. The van der Waals surface area contributed by atoms with Crippen molar-refractivity contribution < 1.29 is 26.9 Å². The molecule has 4 aromatic carbocycles. The van der Waals surface area contributed by atoms with E-state index in [0.29, 0.717) is 38.7 Å². The third-order valence-electron chi connectivity index (χ3n) is 5.45. The molecule has 0 fully saturated rings. The van der Waals surface area contributed by atoms with E-state index in [-0.39, 0.29) is 21.8 Å². The second-order valence-corrected chi connectivity index (χ2v) is 12.1. The number of carbonyl (C=O) groups excluding carboxylic acids is 1. The lowest BCUT2D eigenvalue weighted by atomic mass is 10.2. The number of carbonyl (C=O) groups is 1. The van der Waals surface area contributed by atoms with Crippen molar-refractivity contribution in [1.82, 2.24) is 5.43 Å². The van der Waals surface area contributed by atoms with E-state index in [0.717, 1.165) is 5.56 Å². The lowest BCUT2D eigenvalue weighted by molar-refractivity contribution is 0.0954. The highest BCUT2D eigenvalue weighted by molar-refractivity contribution is 9.11. The first-order chi connectivity index (χ1) is 19.7. The zero-order valence-electron chi connectivity index (χ0n) is 21.5. The van der Waals surface area contributed by atoms with E-state index in [9.17, 15) is 13.2 Å². The maximum Gasteiger partial charge on any atom is 0.339 e. The van der Waals surface area contributed by atoms with E-state index >= 15 is 0 Å². The number of hydrogen-bond acceptors (Lipinski definition) is 7. The minimum absolute atomic E-state index is 0.0142. The Kier molecular flexibility index (Phi) is 10.4. The molecule has 0 radical (unpaired) electrons. The second-order valence-electron chi connectivity index (χ2n) is 8.37. The van der Waals surface area contributed by atoms with Crippen LogP contribution in [0, 0.1) is 0 Å². The van der Waals surface area contributed by atoms with Crippen molar-refractivity contribution in [3.8, 4) is 17.2 Å². The van der Waals surface area contributed by atoms with Crippen LogP contribution < -0.4 is 19.1 Å². The Hall–Kier alpha value is -3.38. The Balaban J connectivity index is 1.50. The van der Waals surface area contributed by atoms with E-state index in [2.05, 4.69) is 42.4 Å². The quantitative estimate of drug-likeness (QED) is 0.0986. The fourth-order valence-electron chi connectivity index (χ4n) is 3.52. The van der Waals surface area contributed by atoms with Gasteiger partial charge in [0.1, 0.15) is 11.5 Å². The van der Waals surface area contributed by atoms with E-state index in [1.54, 1.807) is 30.3 Å². The number of hydrazone groups is 1. The van der Waals surface area contributed by atoms with Crippen LogP contribution in [0.3, 0.4) is 0 Å². The van der Waals surface area contributed by atoms with Gasteiger partial charge in [0, 0.05) is 20.6 Å². The van der Waals surface area contributed by atoms with E-state index in [1.165, 1.54) is 30.5 Å². The number of rotatable bonds is 11. The summed E-state index contributed by atoms with van der Waals surface area (Å²) >= 11 is 12.6. The van der Waals surface area contributed by atoms with Gasteiger partial charge in [-0.1, -0.05) is 57.9 Å². The number of halogens is 3. The van der Waals surface area contributed by atoms with Crippen molar-refractivity contribution in [2.75, 3.05) is 6.61 Å². The van der Waals surface area contributed by atoms with Crippen molar-refractivity contribution in [3.05, 3.63) is 116 Å². The highest BCUT2D eigenvalue weighted by Crippen LogP contribution is 2.34. The molecule has 0 spiro atoms. The molecule has 12 heteroatoms. The van der Waals surface area contributed by atoms with Crippen molar-refractivity contribution in [1.29, 1.82) is 0 Å². The summed E-state index contributed by atoms with van der Waals surface area (Å²) in [6.45, 7) is 2.56. The molecule has 1 N–H and O–H groups in total. The smallest absolute Gasteiger partial charge is 0.339 e. The monoisotopic (exact) mass is 720 g/mol. The van der Waals surface area contributed by atoms with Gasteiger partial charge in [0.05, 0.1) is 17.3 Å². The number of hydrogen-bond donors (Lipinski definition) is 1. The predicted molar refractivity (Wildman–Crippen MR) is 165 cm³/mol. The van der Waals surface area contributed by atoms with Gasteiger partial charge in [0.25, 0.3) is 5.91 Å². The molecule has 0 aromatic heterocycles. The first-order valence-electron chi connectivity index (χ1n) is 12.1. The first kappa shape index (κ1) is 30.6. The van der Waals surface area contributed by atoms with Crippen LogP contribution in [-0.2, 0) is 16.7 Å². The number of amides is 1. The maximum atomic E-state index is 12.9. The van der Waals surface area contributed by atoms with Crippen LogP contribution in [0.2, 0.25) is 5.02 Å². The first-order valence-corrected chi connectivity index (χ1v) is 15.5. The van der Waals surface area contributed by atoms with E-state index in [1.807, 2.05) is 37.3 Å². The Morgan fingerprint density at radius 3 is 2.39 bits per heavy atom. The maximum absolute atomic E-state index is 12.9. The molecular formula is C29H23Br2ClN2O6S. The summed E-state index contributed by atoms with van der Waals surface area (Å²) in [5.74, 6) is 0.388. The van der Waals surface area contributed by atoms with Crippen molar-refractivity contribution in [3.63, 3.8) is 0 Å². The van der Waals surface area contributed by atoms with Crippen LogP contribution in [0.4, 0.5) is 0 Å². The summed E-state index contributed by atoms with van der Waals surface area (Å²) in [5.41, 5.74) is 4.01. The summed E-state index contributed by atoms with van der Waals surface area (Å²) in [6.07, 6.45) is 1.28. The van der Waals surface area contributed by atoms with Crippen LogP contribution in [0.1, 0.15) is 28.4 Å². The molecule has 0 unspecified atom stereocenters. The second kappa shape index (κ2) is 14.0. The summed E-state index contributed by atoms with van der Waals surface area (Å²) < 4.78 is 43.7. The molecule has 0 saturated heterocycles. The minimum Gasteiger partial charge on any atom is -0.490 e. The number of nitrogens with one attached hydrogen (secondary N) is 1. The van der Waals surface area contributed by atoms with Crippen LogP contribution in [0.15, 0.2) is 104 Å². The molecule has 0 aliphatic heterocycles. The summed E-state index contributed by atoms with van der Waals surface area (Å²) in [5, 5.41) is 4.41.